The first-order chi connectivity index (χ1) is 7.76. The van der Waals surface area contributed by atoms with Crippen LogP contribution in [0.4, 0.5) is 11.4 Å². The van der Waals surface area contributed by atoms with Crippen molar-refractivity contribution in [1.29, 1.82) is 0 Å². The molecule has 1 rings (SSSR count). The number of halogens is 1. The summed E-state index contributed by atoms with van der Waals surface area (Å²) in [6, 6.07) is 7.98. The fourth-order valence-electron chi connectivity index (χ4n) is 1.30. The number of aliphatic imine (C=N–C) groups is 1. The number of hydrogen-bond acceptors (Lipinski definition) is 2. The van der Waals surface area contributed by atoms with Crippen molar-refractivity contribution in [2.45, 2.75) is 20.3 Å². The number of hydrogen-bond donors (Lipinski definition) is 3. The molecule has 0 saturated heterocycles. The minimum atomic E-state index is 0. The first-order valence-electron chi connectivity index (χ1n) is 5.67. The van der Waals surface area contributed by atoms with E-state index in [2.05, 4.69) is 29.5 Å². The van der Waals surface area contributed by atoms with Gasteiger partial charge in [-0.25, -0.2) is 0 Å². The lowest BCUT2D eigenvalue weighted by Gasteiger charge is -2.07. The van der Waals surface area contributed by atoms with E-state index in [1.807, 2.05) is 24.3 Å². The Kier molecular flexibility index (Phi) is 7.97. The largest absolute Gasteiger partial charge is 0.385 e. The third-order valence-electron chi connectivity index (χ3n) is 2.04. The molecular weight excluding hydrogens is 236 g/mol. The van der Waals surface area contributed by atoms with Crippen LogP contribution in [-0.2, 0) is 0 Å². The maximum Gasteiger partial charge on any atom is 0.193 e. The Morgan fingerprint density at radius 2 is 1.76 bits per heavy atom. The molecule has 4 N–H and O–H groups in total. The summed E-state index contributed by atoms with van der Waals surface area (Å²) in [5, 5.41) is 6.28. The van der Waals surface area contributed by atoms with Crippen molar-refractivity contribution < 1.29 is 0 Å². The Morgan fingerprint density at radius 3 is 2.29 bits per heavy atom. The van der Waals surface area contributed by atoms with Crippen LogP contribution < -0.4 is 16.4 Å². The summed E-state index contributed by atoms with van der Waals surface area (Å²) < 4.78 is 0. The second kappa shape index (κ2) is 8.70. The van der Waals surface area contributed by atoms with Crippen LogP contribution in [0.25, 0.3) is 0 Å². The van der Waals surface area contributed by atoms with Gasteiger partial charge in [0.05, 0.1) is 0 Å². The molecular formula is C12H21ClN4. The van der Waals surface area contributed by atoms with Gasteiger partial charge in [0.15, 0.2) is 5.96 Å². The third kappa shape index (κ3) is 6.02. The summed E-state index contributed by atoms with van der Waals surface area (Å²) in [4.78, 5) is 4.16. The Morgan fingerprint density at radius 1 is 1.18 bits per heavy atom. The summed E-state index contributed by atoms with van der Waals surface area (Å²) in [5.41, 5.74) is 7.78. The molecule has 0 atom stereocenters. The van der Waals surface area contributed by atoms with Gasteiger partial charge in [-0.2, -0.15) is 0 Å². The zero-order valence-electron chi connectivity index (χ0n) is 10.4. The van der Waals surface area contributed by atoms with Gasteiger partial charge in [-0.05, 0) is 37.6 Å². The van der Waals surface area contributed by atoms with Gasteiger partial charge in [0.1, 0.15) is 0 Å². The van der Waals surface area contributed by atoms with Crippen molar-refractivity contribution in [2.24, 2.45) is 10.7 Å². The molecule has 17 heavy (non-hydrogen) atoms. The molecule has 0 radical (unpaired) electrons. The number of nitrogens with zero attached hydrogens (tertiary/aromatic N) is 1. The van der Waals surface area contributed by atoms with Gasteiger partial charge in [0.2, 0.25) is 0 Å². The van der Waals surface area contributed by atoms with Crippen LogP contribution >= 0.6 is 12.4 Å². The summed E-state index contributed by atoms with van der Waals surface area (Å²) in [7, 11) is 0. The predicted octanol–water partition coefficient (Wildman–Crippen LogP) is 2.68. The van der Waals surface area contributed by atoms with E-state index >= 15 is 0 Å². The number of rotatable bonds is 5. The lowest BCUT2D eigenvalue weighted by molar-refractivity contribution is 0.929. The van der Waals surface area contributed by atoms with E-state index in [9.17, 15) is 0 Å². The molecule has 96 valence electrons. The molecule has 0 amide bonds. The van der Waals surface area contributed by atoms with Crippen LogP contribution in [-0.4, -0.2) is 19.0 Å². The molecule has 0 aromatic heterocycles. The van der Waals surface area contributed by atoms with Crippen molar-refractivity contribution in [3.63, 3.8) is 0 Å². The van der Waals surface area contributed by atoms with Crippen LogP contribution in [0.15, 0.2) is 29.3 Å². The molecule has 0 aliphatic heterocycles. The predicted molar refractivity (Wildman–Crippen MR) is 78.3 cm³/mol. The van der Waals surface area contributed by atoms with Crippen LogP contribution in [0.2, 0.25) is 0 Å². The summed E-state index contributed by atoms with van der Waals surface area (Å²) in [6.07, 6.45) is 1.00. The number of benzene rings is 1. The number of nitrogens with two attached hydrogens (primary N) is 1. The zero-order chi connectivity index (χ0) is 11.8. The first kappa shape index (κ1) is 15.6. The third-order valence-corrected chi connectivity index (χ3v) is 2.04. The van der Waals surface area contributed by atoms with E-state index < -0.39 is 0 Å². The lowest BCUT2D eigenvalue weighted by Crippen LogP contribution is -2.22. The highest BCUT2D eigenvalue weighted by atomic mass is 35.5. The molecule has 0 fully saturated rings. The highest BCUT2D eigenvalue weighted by molar-refractivity contribution is 5.92. The summed E-state index contributed by atoms with van der Waals surface area (Å²) in [5.74, 6) is 0.470. The standard InChI is InChI=1S/C12H20N4.ClH/c1-3-9-15-12(13)16-11-7-5-10(6-8-11)14-4-2;/h5-8,14H,3-4,9H2,1-2H3,(H3,13,15,16);1H. The van der Waals surface area contributed by atoms with E-state index in [1.165, 1.54) is 0 Å². The topological polar surface area (TPSA) is 62.4 Å². The number of nitrogens with one attached hydrogen (secondary N) is 2. The van der Waals surface area contributed by atoms with E-state index in [-0.39, 0.29) is 12.4 Å². The number of guanidine groups is 1. The molecule has 4 nitrogen and oxygen atoms in total. The van der Waals surface area contributed by atoms with Crippen LogP contribution in [0, 0.1) is 0 Å². The van der Waals surface area contributed by atoms with Gasteiger partial charge >= 0.3 is 0 Å². The van der Waals surface area contributed by atoms with Gasteiger partial charge in [-0.15, -0.1) is 12.4 Å². The highest BCUT2D eigenvalue weighted by Crippen LogP contribution is 2.12. The molecule has 0 saturated carbocycles. The molecule has 0 heterocycles. The fraction of sp³-hybridized carbons (Fsp3) is 0.417. The summed E-state index contributed by atoms with van der Waals surface area (Å²) in [6.45, 7) is 5.82. The van der Waals surface area contributed by atoms with Crippen molar-refractivity contribution in [3.05, 3.63) is 24.3 Å². The zero-order valence-corrected chi connectivity index (χ0v) is 11.2. The van der Waals surface area contributed by atoms with Gasteiger partial charge in [0, 0.05) is 24.5 Å². The van der Waals surface area contributed by atoms with E-state index in [1.54, 1.807) is 0 Å². The normalized spacial score (nSPS) is 10.6. The maximum atomic E-state index is 5.71. The highest BCUT2D eigenvalue weighted by Gasteiger charge is 1.95. The molecule has 1 aromatic carbocycles. The van der Waals surface area contributed by atoms with Crippen molar-refractivity contribution in [3.8, 4) is 0 Å². The van der Waals surface area contributed by atoms with Crippen molar-refractivity contribution in [1.82, 2.24) is 0 Å². The first-order valence-corrected chi connectivity index (χ1v) is 5.67. The smallest absolute Gasteiger partial charge is 0.193 e. The molecule has 0 unspecified atom stereocenters. The minimum absolute atomic E-state index is 0. The Labute approximate surface area is 109 Å². The molecule has 0 bridgehead atoms. The van der Waals surface area contributed by atoms with Crippen LogP contribution in [0.1, 0.15) is 20.3 Å². The van der Waals surface area contributed by atoms with E-state index in [0.717, 1.165) is 30.9 Å². The molecule has 0 aliphatic carbocycles. The fourth-order valence-corrected chi connectivity index (χ4v) is 1.30. The number of anilines is 2. The maximum absolute atomic E-state index is 5.71. The van der Waals surface area contributed by atoms with Gasteiger partial charge in [-0.3, -0.25) is 4.99 Å². The molecule has 5 heteroatoms. The second-order valence-corrected chi connectivity index (χ2v) is 3.50. The Balaban J connectivity index is 0.00000256. The van der Waals surface area contributed by atoms with E-state index in [4.69, 9.17) is 5.73 Å². The molecule has 1 aromatic rings. The van der Waals surface area contributed by atoms with Gasteiger partial charge < -0.3 is 16.4 Å². The van der Waals surface area contributed by atoms with E-state index in [0.29, 0.717) is 5.96 Å². The van der Waals surface area contributed by atoms with Crippen LogP contribution in [0.3, 0.4) is 0 Å². The molecule has 0 spiro atoms. The van der Waals surface area contributed by atoms with Crippen molar-refractivity contribution in [2.75, 3.05) is 23.7 Å². The summed E-state index contributed by atoms with van der Waals surface area (Å²) >= 11 is 0. The SMILES string of the molecule is CCCN=C(N)Nc1ccc(NCC)cc1.Cl. The molecule has 0 aliphatic rings. The van der Waals surface area contributed by atoms with Crippen molar-refractivity contribution >= 4 is 29.7 Å². The second-order valence-electron chi connectivity index (χ2n) is 3.50. The minimum Gasteiger partial charge on any atom is -0.385 e. The quantitative estimate of drug-likeness (QED) is 0.561. The Hall–Kier alpha value is -1.42. The van der Waals surface area contributed by atoms with Gasteiger partial charge in [-0.1, -0.05) is 6.92 Å². The average Bonchev–Trinajstić information content (AvgIpc) is 2.29. The van der Waals surface area contributed by atoms with Crippen LogP contribution in [0.5, 0.6) is 0 Å². The monoisotopic (exact) mass is 256 g/mol. The average molecular weight is 257 g/mol. The Bertz CT molecular complexity index is 335. The van der Waals surface area contributed by atoms with Gasteiger partial charge in [0.25, 0.3) is 0 Å². The lowest BCUT2D eigenvalue weighted by atomic mass is 10.3.